The van der Waals surface area contributed by atoms with E-state index in [0.717, 1.165) is 16.7 Å². The van der Waals surface area contributed by atoms with E-state index in [1.54, 1.807) is 12.1 Å². The molecule has 2 aromatic carbocycles. The van der Waals surface area contributed by atoms with Crippen LogP contribution >= 0.6 is 0 Å². The van der Waals surface area contributed by atoms with Gasteiger partial charge < -0.3 is 9.66 Å². The van der Waals surface area contributed by atoms with E-state index in [1.165, 1.54) is 0 Å². The molecule has 17 heavy (non-hydrogen) atoms. The minimum atomic E-state index is -1.82. The molecule has 0 radical (unpaired) electrons. The lowest BCUT2D eigenvalue weighted by molar-refractivity contribution is 0.475. The van der Waals surface area contributed by atoms with Gasteiger partial charge in [-0.1, -0.05) is 36.4 Å². The van der Waals surface area contributed by atoms with Crippen molar-refractivity contribution in [3.63, 3.8) is 0 Å². The molecule has 1 atom stereocenters. The maximum absolute atomic E-state index is 10.7. The Morgan fingerprint density at radius 3 is 2.35 bits per heavy atom. The number of phenols is 1. The van der Waals surface area contributed by atoms with Gasteiger partial charge in [0.1, 0.15) is 5.75 Å². The molecule has 0 aliphatic carbocycles. The van der Waals surface area contributed by atoms with Gasteiger partial charge in [0.15, 0.2) is 11.1 Å². The monoisotopic (exact) mass is 248 g/mol. The standard InChI is InChI=1S/C13H12O3S/c14-13-6-4-11(5-7-13)12-3-1-2-10(8-12)9-17(15)16/h1-8,14H,9H2,(H,15,16). The highest BCUT2D eigenvalue weighted by Crippen LogP contribution is 2.23. The van der Waals surface area contributed by atoms with Crippen LogP contribution in [0.2, 0.25) is 0 Å². The van der Waals surface area contributed by atoms with Crippen LogP contribution in [0, 0.1) is 0 Å². The molecule has 2 aromatic rings. The van der Waals surface area contributed by atoms with Crippen molar-refractivity contribution in [3.05, 3.63) is 54.1 Å². The van der Waals surface area contributed by atoms with Gasteiger partial charge in [0.2, 0.25) is 0 Å². The van der Waals surface area contributed by atoms with Crippen molar-refractivity contribution in [2.24, 2.45) is 0 Å². The predicted molar refractivity (Wildman–Crippen MR) is 68.0 cm³/mol. The fraction of sp³-hybridized carbons (Fsp3) is 0.0769. The molecule has 3 nitrogen and oxygen atoms in total. The van der Waals surface area contributed by atoms with Gasteiger partial charge in [-0.25, -0.2) is 4.21 Å². The summed E-state index contributed by atoms with van der Waals surface area (Å²) in [7, 11) is 0. The van der Waals surface area contributed by atoms with E-state index in [-0.39, 0.29) is 11.5 Å². The molecule has 0 aliphatic rings. The van der Waals surface area contributed by atoms with E-state index in [2.05, 4.69) is 0 Å². The SMILES string of the molecule is O=S(O)Cc1cccc(-c2ccc(O)cc2)c1. The summed E-state index contributed by atoms with van der Waals surface area (Å²) in [4.78, 5) is 0. The van der Waals surface area contributed by atoms with Gasteiger partial charge in [0.25, 0.3) is 0 Å². The molecular formula is C13H12O3S. The summed E-state index contributed by atoms with van der Waals surface area (Å²) in [5, 5.41) is 9.20. The Kier molecular flexibility index (Phi) is 3.56. The molecule has 88 valence electrons. The zero-order chi connectivity index (χ0) is 12.3. The van der Waals surface area contributed by atoms with Gasteiger partial charge in [-0.2, -0.15) is 0 Å². The molecule has 1 unspecified atom stereocenters. The third-order valence-corrected chi connectivity index (χ3v) is 3.00. The first-order valence-electron chi connectivity index (χ1n) is 5.11. The quantitative estimate of drug-likeness (QED) is 0.821. The second-order valence-corrected chi connectivity index (χ2v) is 4.64. The van der Waals surface area contributed by atoms with E-state index >= 15 is 0 Å². The van der Waals surface area contributed by atoms with Crippen molar-refractivity contribution in [1.29, 1.82) is 0 Å². The molecule has 0 saturated carbocycles. The fourth-order valence-electron chi connectivity index (χ4n) is 1.64. The largest absolute Gasteiger partial charge is 0.508 e. The highest BCUT2D eigenvalue weighted by molar-refractivity contribution is 7.78. The fourth-order valence-corrected chi connectivity index (χ4v) is 2.10. The van der Waals surface area contributed by atoms with Crippen LogP contribution in [0.25, 0.3) is 11.1 Å². The summed E-state index contributed by atoms with van der Waals surface area (Å²) in [6, 6.07) is 14.3. The van der Waals surface area contributed by atoms with Crippen molar-refractivity contribution in [3.8, 4) is 16.9 Å². The first-order chi connectivity index (χ1) is 8.15. The molecule has 0 aromatic heterocycles. The number of rotatable bonds is 3. The third-order valence-electron chi connectivity index (χ3n) is 2.42. The summed E-state index contributed by atoms with van der Waals surface area (Å²) in [5.74, 6) is 0.354. The molecule has 2 rings (SSSR count). The van der Waals surface area contributed by atoms with Crippen LogP contribution in [0.1, 0.15) is 5.56 Å². The number of phenolic OH excluding ortho intramolecular Hbond substituents is 1. The van der Waals surface area contributed by atoms with Crippen molar-refractivity contribution < 1.29 is 13.9 Å². The molecular weight excluding hydrogens is 236 g/mol. The molecule has 0 saturated heterocycles. The Bertz CT molecular complexity index is 535. The Balaban J connectivity index is 2.32. The zero-order valence-electron chi connectivity index (χ0n) is 9.04. The molecule has 0 spiro atoms. The maximum Gasteiger partial charge on any atom is 0.157 e. The molecule has 0 aliphatic heterocycles. The normalized spacial score (nSPS) is 12.3. The lowest BCUT2D eigenvalue weighted by Gasteiger charge is -2.04. The average Bonchev–Trinajstić information content (AvgIpc) is 2.29. The van der Waals surface area contributed by atoms with Crippen LogP contribution in [-0.4, -0.2) is 13.9 Å². The van der Waals surface area contributed by atoms with Crippen LogP contribution < -0.4 is 0 Å². The second-order valence-electron chi connectivity index (χ2n) is 3.71. The number of hydrogen-bond acceptors (Lipinski definition) is 2. The summed E-state index contributed by atoms with van der Waals surface area (Å²) < 4.78 is 19.6. The van der Waals surface area contributed by atoms with Crippen LogP contribution in [0.5, 0.6) is 5.75 Å². The van der Waals surface area contributed by atoms with Crippen molar-refractivity contribution >= 4 is 11.1 Å². The highest BCUT2D eigenvalue weighted by Gasteiger charge is 2.01. The molecule has 0 fully saturated rings. The lowest BCUT2D eigenvalue weighted by Crippen LogP contribution is -1.92. The van der Waals surface area contributed by atoms with Crippen LogP contribution in [0.15, 0.2) is 48.5 Å². The number of benzene rings is 2. The second kappa shape index (κ2) is 5.12. The molecule has 0 heterocycles. The Morgan fingerprint density at radius 1 is 1.00 bits per heavy atom. The Morgan fingerprint density at radius 2 is 1.71 bits per heavy atom. The minimum absolute atomic E-state index is 0.131. The van der Waals surface area contributed by atoms with Crippen molar-refractivity contribution in [2.75, 3.05) is 0 Å². The molecule has 0 amide bonds. The van der Waals surface area contributed by atoms with Crippen LogP contribution in [0.4, 0.5) is 0 Å². The van der Waals surface area contributed by atoms with Gasteiger partial charge in [-0.05, 0) is 28.8 Å². The third kappa shape index (κ3) is 3.15. The number of aromatic hydroxyl groups is 1. The smallest absolute Gasteiger partial charge is 0.157 e. The maximum atomic E-state index is 10.7. The topological polar surface area (TPSA) is 57.5 Å². The molecule has 2 N–H and O–H groups in total. The number of hydrogen-bond donors (Lipinski definition) is 2. The van der Waals surface area contributed by atoms with E-state index in [4.69, 9.17) is 4.55 Å². The van der Waals surface area contributed by atoms with Gasteiger partial charge >= 0.3 is 0 Å². The summed E-state index contributed by atoms with van der Waals surface area (Å²) in [6.45, 7) is 0. The van der Waals surface area contributed by atoms with Gasteiger partial charge in [0, 0.05) is 0 Å². The summed E-state index contributed by atoms with van der Waals surface area (Å²) in [6.07, 6.45) is 0. The Hall–Kier alpha value is -1.65. The van der Waals surface area contributed by atoms with Gasteiger partial charge in [-0.3, -0.25) is 0 Å². The first-order valence-corrected chi connectivity index (χ1v) is 6.38. The summed E-state index contributed by atoms with van der Waals surface area (Å²) in [5.41, 5.74) is 2.75. The first kappa shape index (κ1) is 11.8. The van der Waals surface area contributed by atoms with Crippen molar-refractivity contribution in [1.82, 2.24) is 0 Å². The van der Waals surface area contributed by atoms with E-state index in [1.807, 2.05) is 36.4 Å². The van der Waals surface area contributed by atoms with Gasteiger partial charge in [-0.15, -0.1) is 0 Å². The Labute approximate surface area is 102 Å². The van der Waals surface area contributed by atoms with Crippen LogP contribution in [0.3, 0.4) is 0 Å². The predicted octanol–water partition coefficient (Wildman–Crippen LogP) is 2.78. The zero-order valence-corrected chi connectivity index (χ0v) is 9.85. The van der Waals surface area contributed by atoms with Crippen molar-refractivity contribution in [2.45, 2.75) is 5.75 Å². The molecule has 4 heteroatoms. The lowest BCUT2D eigenvalue weighted by atomic mass is 10.0. The van der Waals surface area contributed by atoms with E-state index in [9.17, 15) is 9.32 Å². The average molecular weight is 248 g/mol. The highest BCUT2D eigenvalue weighted by atomic mass is 32.2. The van der Waals surface area contributed by atoms with Crippen LogP contribution in [-0.2, 0) is 16.8 Å². The van der Waals surface area contributed by atoms with E-state index in [0.29, 0.717) is 0 Å². The van der Waals surface area contributed by atoms with E-state index < -0.39 is 11.1 Å². The van der Waals surface area contributed by atoms with Gasteiger partial charge in [0.05, 0.1) is 5.75 Å². The minimum Gasteiger partial charge on any atom is -0.508 e. The summed E-state index contributed by atoms with van der Waals surface area (Å²) >= 11 is -1.82. The molecule has 0 bridgehead atoms.